The lowest BCUT2D eigenvalue weighted by Crippen LogP contribution is -2.47. The van der Waals surface area contributed by atoms with Gasteiger partial charge in [-0.15, -0.1) is 11.3 Å². The predicted octanol–water partition coefficient (Wildman–Crippen LogP) is 4.89. The molecule has 2 amide bonds. The smallest absolute Gasteiger partial charge is 0.418 e. The number of aromatic nitrogens is 1. The van der Waals surface area contributed by atoms with Crippen LogP contribution in [0, 0.1) is 6.92 Å². The summed E-state index contributed by atoms with van der Waals surface area (Å²) in [5, 5.41) is 5.02. The molecule has 1 unspecified atom stereocenters. The largest absolute Gasteiger partial charge is 0.479 e. The highest BCUT2D eigenvalue weighted by Crippen LogP contribution is 2.38. The van der Waals surface area contributed by atoms with Gasteiger partial charge in [-0.2, -0.15) is 13.2 Å². The molecule has 4 rings (SSSR count). The second kappa shape index (κ2) is 8.27. The Morgan fingerprint density at radius 2 is 2.00 bits per heavy atom. The molecule has 6 nitrogen and oxygen atoms in total. The average molecular weight is 461 g/mol. The van der Waals surface area contributed by atoms with Gasteiger partial charge in [-0.25, -0.2) is 4.98 Å². The molecule has 2 heterocycles. The molecule has 0 spiro atoms. The van der Waals surface area contributed by atoms with Gasteiger partial charge >= 0.3 is 6.18 Å². The van der Waals surface area contributed by atoms with Crippen LogP contribution in [0.15, 0.2) is 47.8 Å². The Balaban J connectivity index is 1.63. The maximum absolute atomic E-state index is 13.2. The van der Waals surface area contributed by atoms with E-state index in [0.717, 1.165) is 16.6 Å². The van der Waals surface area contributed by atoms with Crippen LogP contribution in [0.2, 0.25) is 0 Å². The van der Waals surface area contributed by atoms with Crippen LogP contribution in [0.5, 0.6) is 5.75 Å². The predicted molar refractivity (Wildman–Crippen MR) is 115 cm³/mol. The molecule has 0 fully saturated rings. The first-order valence-corrected chi connectivity index (χ1v) is 10.5. The van der Waals surface area contributed by atoms with Gasteiger partial charge in [0.1, 0.15) is 12.3 Å². The minimum Gasteiger partial charge on any atom is -0.479 e. The lowest BCUT2D eigenvalue weighted by molar-refractivity contribution is -0.137. The standard InChI is InChI=1S/C22H18F3N3O3S/c1-12-21(30)28(10-20(29)27-16-6-4-3-5-15(16)22(23,24)25)18-9-14(7-8-19(18)31-12)17-11-32-13(2)26-17/h3-9,11-12H,10H2,1-2H3,(H,27,29). The molecular weight excluding hydrogens is 443 g/mol. The number of ether oxygens (including phenoxy) is 1. The van der Waals surface area contributed by atoms with E-state index in [0.29, 0.717) is 17.1 Å². The van der Waals surface area contributed by atoms with E-state index in [1.54, 1.807) is 25.1 Å². The highest BCUT2D eigenvalue weighted by Gasteiger charge is 2.35. The summed E-state index contributed by atoms with van der Waals surface area (Å²) in [6, 6.07) is 9.86. The zero-order valence-electron chi connectivity index (χ0n) is 17.1. The number of alkyl halides is 3. The molecule has 32 heavy (non-hydrogen) atoms. The number of carbonyl (C=O) groups excluding carboxylic acids is 2. The SMILES string of the molecule is Cc1nc(-c2ccc3c(c2)N(CC(=O)Nc2ccccc2C(F)(F)F)C(=O)C(C)O3)cs1. The minimum atomic E-state index is -4.62. The Morgan fingerprint density at radius 1 is 1.25 bits per heavy atom. The fraction of sp³-hybridized carbons (Fsp3) is 0.227. The van der Waals surface area contributed by atoms with E-state index in [1.165, 1.54) is 34.4 Å². The lowest BCUT2D eigenvalue weighted by atomic mass is 10.1. The monoisotopic (exact) mass is 461 g/mol. The second-order valence-electron chi connectivity index (χ2n) is 7.21. The Morgan fingerprint density at radius 3 is 2.69 bits per heavy atom. The van der Waals surface area contributed by atoms with Gasteiger partial charge in [0.15, 0.2) is 6.10 Å². The summed E-state index contributed by atoms with van der Waals surface area (Å²) in [5.41, 5.74) is 0.467. The van der Waals surface area contributed by atoms with Crippen molar-refractivity contribution in [1.82, 2.24) is 4.98 Å². The molecule has 0 aliphatic carbocycles. The van der Waals surface area contributed by atoms with Crippen molar-refractivity contribution in [2.45, 2.75) is 26.1 Å². The van der Waals surface area contributed by atoms with Gasteiger partial charge in [0.2, 0.25) is 5.91 Å². The fourth-order valence-corrected chi connectivity index (χ4v) is 4.02. The molecule has 0 saturated carbocycles. The molecule has 0 saturated heterocycles. The van der Waals surface area contributed by atoms with Crippen LogP contribution in [0.4, 0.5) is 24.5 Å². The van der Waals surface area contributed by atoms with Crippen molar-refractivity contribution in [2.24, 2.45) is 0 Å². The molecule has 1 aromatic heterocycles. The number of rotatable bonds is 4. The summed E-state index contributed by atoms with van der Waals surface area (Å²) < 4.78 is 45.4. The molecule has 1 atom stereocenters. The number of aryl methyl sites for hydroxylation is 1. The second-order valence-corrected chi connectivity index (χ2v) is 8.27. The zero-order chi connectivity index (χ0) is 23.0. The molecular formula is C22H18F3N3O3S. The van der Waals surface area contributed by atoms with Gasteiger partial charge < -0.3 is 10.1 Å². The summed E-state index contributed by atoms with van der Waals surface area (Å²) in [7, 11) is 0. The molecule has 166 valence electrons. The highest BCUT2D eigenvalue weighted by atomic mass is 32.1. The van der Waals surface area contributed by atoms with Crippen LogP contribution in [0.25, 0.3) is 11.3 Å². The molecule has 1 aliphatic heterocycles. The van der Waals surface area contributed by atoms with Gasteiger partial charge in [-0.3, -0.25) is 14.5 Å². The first kappa shape index (κ1) is 21.8. The number of anilines is 2. The molecule has 0 bridgehead atoms. The Hall–Kier alpha value is -3.40. The molecule has 1 N–H and O–H groups in total. The van der Waals surface area contributed by atoms with Gasteiger partial charge in [0.25, 0.3) is 5.91 Å². The number of benzene rings is 2. The van der Waals surface area contributed by atoms with Gasteiger partial charge in [0, 0.05) is 10.9 Å². The number of para-hydroxylation sites is 1. The van der Waals surface area contributed by atoms with E-state index >= 15 is 0 Å². The van der Waals surface area contributed by atoms with Crippen molar-refractivity contribution in [3.8, 4) is 17.0 Å². The summed E-state index contributed by atoms with van der Waals surface area (Å²) in [5.74, 6) is -0.829. The lowest BCUT2D eigenvalue weighted by Gasteiger charge is -2.33. The number of hydrogen-bond donors (Lipinski definition) is 1. The molecule has 1 aliphatic rings. The van der Waals surface area contributed by atoms with Crippen LogP contribution < -0.4 is 15.0 Å². The summed E-state index contributed by atoms with van der Waals surface area (Å²) in [6.07, 6.45) is -5.47. The third kappa shape index (κ3) is 4.31. The average Bonchev–Trinajstić information content (AvgIpc) is 3.17. The van der Waals surface area contributed by atoms with E-state index in [4.69, 9.17) is 4.74 Å². The first-order chi connectivity index (χ1) is 15.1. The Labute approximate surface area is 185 Å². The van der Waals surface area contributed by atoms with Gasteiger partial charge in [-0.05, 0) is 44.2 Å². The molecule has 2 aromatic carbocycles. The van der Waals surface area contributed by atoms with Crippen LogP contribution in [-0.4, -0.2) is 29.4 Å². The minimum absolute atomic E-state index is 0.357. The molecule has 3 aromatic rings. The number of fused-ring (bicyclic) bond motifs is 1. The third-order valence-electron chi connectivity index (χ3n) is 4.89. The van der Waals surface area contributed by atoms with Crippen molar-refractivity contribution < 1.29 is 27.5 Å². The first-order valence-electron chi connectivity index (χ1n) is 9.64. The number of hydrogen-bond acceptors (Lipinski definition) is 5. The summed E-state index contributed by atoms with van der Waals surface area (Å²) >= 11 is 1.47. The van der Waals surface area contributed by atoms with Crippen LogP contribution >= 0.6 is 11.3 Å². The van der Waals surface area contributed by atoms with Crippen molar-refractivity contribution in [1.29, 1.82) is 0 Å². The van der Waals surface area contributed by atoms with Crippen molar-refractivity contribution in [3.63, 3.8) is 0 Å². The van der Waals surface area contributed by atoms with E-state index in [9.17, 15) is 22.8 Å². The number of nitrogens with one attached hydrogen (secondary N) is 1. The normalized spacial score (nSPS) is 15.8. The van der Waals surface area contributed by atoms with Crippen LogP contribution in [0.1, 0.15) is 17.5 Å². The topological polar surface area (TPSA) is 71.5 Å². The summed E-state index contributed by atoms with van der Waals surface area (Å²) in [6.45, 7) is 2.95. The fourth-order valence-electron chi connectivity index (χ4n) is 3.40. The Kier molecular flexibility index (Phi) is 5.64. The summed E-state index contributed by atoms with van der Waals surface area (Å²) in [4.78, 5) is 31.1. The van der Waals surface area contributed by atoms with Crippen molar-refractivity contribution >= 4 is 34.5 Å². The van der Waals surface area contributed by atoms with Gasteiger partial charge in [-0.1, -0.05) is 12.1 Å². The van der Waals surface area contributed by atoms with Crippen LogP contribution in [-0.2, 0) is 15.8 Å². The van der Waals surface area contributed by atoms with Crippen molar-refractivity contribution in [2.75, 3.05) is 16.8 Å². The van der Waals surface area contributed by atoms with E-state index in [-0.39, 0.29) is 5.69 Å². The third-order valence-corrected chi connectivity index (χ3v) is 5.66. The number of nitrogens with zero attached hydrogens (tertiary/aromatic N) is 2. The highest BCUT2D eigenvalue weighted by molar-refractivity contribution is 7.09. The maximum atomic E-state index is 13.2. The maximum Gasteiger partial charge on any atom is 0.418 e. The number of carbonyl (C=O) groups is 2. The van der Waals surface area contributed by atoms with E-state index < -0.39 is 36.2 Å². The van der Waals surface area contributed by atoms with Gasteiger partial charge in [0.05, 0.1) is 27.6 Å². The zero-order valence-corrected chi connectivity index (χ0v) is 17.9. The van der Waals surface area contributed by atoms with Crippen LogP contribution in [0.3, 0.4) is 0 Å². The molecule has 0 radical (unpaired) electrons. The van der Waals surface area contributed by atoms with E-state index in [1.807, 2.05) is 12.3 Å². The Bertz CT molecular complexity index is 1190. The number of thiazole rings is 1. The molecule has 10 heteroatoms. The quantitative estimate of drug-likeness (QED) is 0.601. The number of halogens is 3. The van der Waals surface area contributed by atoms with E-state index in [2.05, 4.69) is 10.3 Å². The van der Waals surface area contributed by atoms with Crippen molar-refractivity contribution in [3.05, 3.63) is 58.4 Å². The number of amides is 2.